The molecule has 3 heterocycles. The zero-order valence-electron chi connectivity index (χ0n) is 20.5. The fourth-order valence-corrected chi connectivity index (χ4v) is 5.56. The third-order valence-corrected chi connectivity index (χ3v) is 7.44. The molecule has 2 aromatic carbocycles. The molecule has 1 N–H and O–H groups in total. The highest BCUT2D eigenvalue weighted by Gasteiger charge is 2.36. The van der Waals surface area contributed by atoms with E-state index in [0.717, 1.165) is 26.8 Å². The second-order valence-electron chi connectivity index (χ2n) is 8.33. The lowest BCUT2D eigenvalue weighted by molar-refractivity contribution is -0.114. The molecular formula is C27H24N4O4S2. The molecule has 5 rings (SSSR count). The molecule has 2 aliphatic heterocycles. The number of ether oxygens (including phenoxy) is 3. The number of hydrazone groups is 1. The van der Waals surface area contributed by atoms with Crippen molar-refractivity contribution in [2.45, 2.75) is 13.8 Å². The van der Waals surface area contributed by atoms with Gasteiger partial charge in [-0.25, -0.2) is 0 Å². The van der Waals surface area contributed by atoms with Crippen LogP contribution in [0.3, 0.4) is 0 Å². The molecular weight excluding hydrogens is 508 g/mol. The number of nitrogens with one attached hydrogen (secondary N) is 1. The van der Waals surface area contributed by atoms with Crippen LogP contribution < -0.4 is 14.2 Å². The van der Waals surface area contributed by atoms with Crippen LogP contribution in [0.1, 0.15) is 21.6 Å². The average Bonchev–Trinajstić information content (AvgIpc) is 3.54. The number of fused-ring (bicyclic) bond motifs is 1. The Morgan fingerprint density at radius 1 is 1.03 bits per heavy atom. The SMILES string of the molecule is COc1cc(C=C2C(=N)N3N=C(c4cccs4)SC3=NC2=O)ccc1OCCOc1cc(C)cc(C)c1. The molecule has 8 nitrogen and oxygen atoms in total. The van der Waals surface area contributed by atoms with Crippen LogP contribution in [0.15, 0.2) is 69.6 Å². The smallest absolute Gasteiger partial charge is 0.283 e. The van der Waals surface area contributed by atoms with Crippen molar-refractivity contribution in [2.75, 3.05) is 20.3 Å². The topological polar surface area (TPSA) is 96.6 Å². The molecule has 10 heteroatoms. The molecule has 2 aliphatic rings. The number of hydrogen-bond donors (Lipinski definition) is 1. The summed E-state index contributed by atoms with van der Waals surface area (Å²) >= 11 is 2.83. The van der Waals surface area contributed by atoms with E-state index in [0.29, 0.717) is 35.4 Å². The third kappa shape index (κ3) is 5.45. The average molecular weight is 533 g/mol. The van der Waals surface area contributed by atoms with Gasteiger partial charge < -0.3 is 14.2 Å². The Balaban J connectivity index is 1.27. The highest BCUT2D eigenvalue weighted by molar-refractivity contribution is 8.27. The second-order valence-corrected chi connectivity index (χ2v) is 10.2. The molecule has 0 unspecified atom stereocenters. The molecule has 1 amide bonds. The minimum atomic E-state index is -0.478. The van der Waals surface area contributed by atoms with Gasteiger partial charge in [-0.15, -0.1) is 11.3 Å². The van der Waals surface area contributed by atoms with Crippen molar-refractivity contribution in [1.29, 1.82) is 5.41 Å². The maximum atomic E-state index is 12.7. The first-order valence-electron chi connectivity index (χ1n) is 11.5. The Labute approximate surface area is 222 Å². The van der Waals surface area contributed by atoms with Gasteiger partial charge in [0.15, 0.2) is 17.3 Å². The number of aliphatic imine (C=N–C) groups is 1. The Bertz CT molecular complexity index is 1440. The van der Waals surface area contributed by atoms with Crippen LogP contribution >= 0.6 is 23.1 Å². The van der Waals surface area contributed by atoms with Gasteiger partial charge in [0, 0.05) is 0 Å². The number of thiophene rings is 1. The summed E-state index contributed by atoms with van der Waals surface area (Å²) in [4.78, 5) is 17.9. The Hall–Kier alpha value is -3.89. The molecule has 0 spiro atoms. The number of amides is 1. The summed E-state index contributed by atoms with van der Waals surface area (Å²) < 4.78 is 17.2. The van der Waals surface area contributed by atoms with Crippen molar-refractivity contribution in [3.8, 4) is 17.2 Å². The number of methoxy groups -OCH3 is 1. The predicted molar refractivity (Wildman–Crippen MR) is 148 cm³/mol. The van der Waals surface area contributed by atoms with E-state index in [4.69, 9.17) is 19.6 Å². The van der Waals surface area contributed by atoms with Gasteiger partial charge in [0.2, 0.25) is 5.17 Å². The second kappa shape index (κ2) is 10.6. The van der Waals surface area contributed by atoms with Crippen LogP contribution in [0.2, 0.25) is 0 Å². The van der Waals surface area contributed by atoms with Gasteiger partial charge in [-0.05, 0) is 84.1 Å². The van der Waals surface area contributed by atoms with Crippen molar-refractivity contribution in [1.82, 2.24) is 5.01 Å². The van der Waals surface area contributed by atoms with E-state index in [1.54, 1.807) is 42.7 Å². The van der Waals surface area contributed by atoms with Crippen LogP contribution in [0.5, 0.6) is 17.2 Å². The Morgan fingerprint density at radius 2 is 1.81 bits per heavy atom. The summed E-state index contributed by atoms with van der Waals surface area (Å²) in [6, 6.07) is 15.3. The first-order chi connectivity index (χ1) is 17.9. The molecule has 3 aromatic rings. The summed E-state index contributed by atoms with van der Waals surface area (Å²) in [5, 5.41) is 17.6. The zero-order chi connectivity index (χ0) is 25.9. The molecule has 0 saturated heterocycles. The van der Waals surface area contributed by atoms with Crippen LogP contribution in [-0.2, 0) is 4.79 Å². The number of carbonyl (C=O) groups is 1. The van der Waals surface area contributed by atoms with E-state index in [2.05, 4.69) is 16.2 Å². The highest BCUT2D eigenvalue weighted by atomic mass is 32.2. The van der Waals surface area contributed by atoms with Gasteiger partial charge >= 0.3 is 0 Å². The van der Waals surface area contributed by atoms with Gasteiger partial charge in [0.25, 0.3) is 5.91 Å². The molecule has 1 aromatic heterocycles. The molecule has 0 atom stereocenters. The molecule has 0 bridgehead atoms. The standard InChI is InChI=1S/C27H24N4O4S2/c1-16-11-17(2)13-19(12-16)34-8-9-35-21-7-6-18(15-22(21)33-3)14-20-24(28)31-27(29-25(20)32)37-26(30-31)23-5-4-10-36-23/h4-7,10-15,28H,8-9H2,1-3H3. The van der Waals surface area contributed by atoms with Crippen molar-refractivity contribution < 1.29 is 19.0 Å². The fraction of sp³-hybridized carbons (Fsp3) is 0.185. The van der Waals surface area contributed by atoms with Gasteiger partial charge in [-0.1, -0.05) is 18.2 Å². The zero-order valence-corrected chi connectivity index (χ0v) is 22.1. The molecule has 37 heavy (non-hydrogen) atoms. The van der Waals surface area contributed by atoms with Crippen LogP contribution in [0.25, 0.3) is 6.08 Å². The third-order valence-electron chi connectivity index (χ3n) is 5.49. The largest absolute Gasteiger partial charge is 0.493 e. The van der Waals surface area contributed by atoms with E-state index < -0.39 is 5.91 Å². The van der Waals surface area contributed by atoms with Gasteiger partial charge in [0.1, 0.15) is 24.0 Å². The maximum Gasteiger partial charge on any atom is 0.283 e. The molecule has 0 radical (unpaired) electrons. The molecule has 0 saturated carbocycles. The molecule has 188 valence electrons. The summed E-state index contributed by atoms with van der Waals surface area (Å²) in [6.07, 6.45) is 1.61. The Morgan fingerprint density at radius 3 is 2.54 bits per heavy atom. The van der Waals surface area contributed by atoms with E-state index in [9.17, 15) is 4.79 Å². The Kier molecular flexibility index (Phi) is 7.11. The summed E-state index contributed by atoms with van der Waals surface area (Å²) in [6.45, 7) is 4.78. The lowest BCUT2D eigenvalue weighted by atomic mass is 10.1. The van der Waals surface area contributed by atoms with E-state index >= 15 is 0 Å². The normalized spacial score (nSPS) is 16.0. The summed E-state index contributed by atoms with van der Waals surface area (Å²) in [7, 11) is 1.55. The van der Waals surface area contributed by atoms with Crippen molar-refractivity contribution in [3.63, 3.8) is 0 Å². The van der Waals surface area contributed by atoms with Crippen LogP contribution in [-0.4, -0.2) is 47.3 Å². The van der Waals surface area contributed by atoms with Crippen molar-refractivity contribution in [2.24, 2.45) is 10.1 Å². The minimum absolute atomic E-state index is 0.0168. The van der Waals surface area contributed by atoms with Crippen molar-refractivity contribution in [3.05, 3.63) is 81.1 Å². The molecule has 0 aliphatic carbocycles. The quantitative estimate of drug-likeness (QED) is 0.304. The van der Waals surface area contributed by atoms with E-state index in [-0.39, 0.29) is 11.4 Å². The number of rotatable bonds is 8. The van der Waals surface area contributed by atoms with Crippen LogP contribution in [0, 0.1) is 19.3 Å². The fourth-order valence-electron chi connectivity index (χ4n) is 3.88. The van der Waals surface area contributed by atoms with E-state index in [1.807, 2.05) is 43.5 Å². The number of carbonyl (C=O) groups excluding carboxylic acids is 1. The molecule has 0 fully saturated rings. The number of hydrogen-bond acceptors (Lipinski definition) is 8. The van der Waals surface area contributed by atoms with E-state index in [1.165, 1.54) is 16.8 Å². The van der Waals surface area contributed by atoms with Gasteiger partial charge in [-0.3, -0.25) is 10.2 Å². The monoisotopic (exact) mass is 532 g/mol. The van der Waals surface area contributed by atoms with Gasteiger partial charge in [-0.2, -0.15) is 15.1 Å². The maximum absolute atomic E-state index is 12.7. The minimum Gasteiger partial charge on any atom is -0.493 e. The lowest BCUT2D eigenvalue weighted by Crippen LogP contribution is -2.35. The van der Waals surface area contributed by atoms with Crippen molar-refractivity contribution >= 4 is 51.1 Å². The lowest BCUT2D eigenvalue weighted by Gasteiger charge is -2.20. The number of benzene rings is 2. The number of nitrogens with zero attached hydrogens (tertiary/aromatic N) is 3. The predicted octanol–water partition coefficient (Wildman–Crippen LogP) is 5.50. The number of aryl methyl sites for hydroxylation is 2. The number of thioether (sulfide) groups is 1. The highest BCUT2D eigenvalue weighted by Crippen LogP contribution is 2.33. The first kappa shape index (κ1) is 24.8. The summed E-state index contributed by atoms with van der Waals surface area (Å²) in [5.41, 5.74) is 3.12. The first-order valence-corrected chi connectivity index (χ1v) is 13.2. The summed E-state index contributed by atoms with van der Waals surface area (Å²) in [5.74, 6) is 1.38. The van der Waals surface area contributed by atoms with Crippen LogP contribution in [0.4, 0.5) is 0 Å². The number of amidine groups is 2. The van der Waals surface area contributed by atoms with Gasteiger partial charge in [0.05, 0.1) is 17.6 Å².